The van der Waals surface area contributed by atoms with E-state index in [1.165, 1.54) is 20.1 Å². The first-order valence-corrected chi connectivity index (χ1v) is 7.98. The number of ether oxygens (including phenoxy) is 1. The van der Waals surface area contributed by atoms with E-state index in [0.717, 1.165) is 10.7 Å². The molecule has 0 saturated carbocycles. The molecule has 2 N–H and O–H groups in total. The molecule has 0 spiro atoms. The van der Waals surface area contributed by atoms with Crippen molar-refractivity contribution in [3.8, 4) is 5.75 Å². The number of aryl methyl sites for hydroxylation is 2. The van der Waals surface area contributed by atoms with Gasteiger partial charge < -0.3 is 15.3 Å². The van der Waals surface area contributed by atoms with Gasteiger partial charge in [-0.2, -0.15) is 18.3 Å². The molecule has 0 radical (unpaired) electrons. The van der Waals surface area contributed by atoms with Crippen LogP contribution < -0.4 is 10.5 Å². The molecule has 0 fully saturated rings. The van der Waals surface area contributed by atoms with Crippen molar-refractivity contribution < 1.29 is 27.5 Å². The van der Waals surface area contributed by atoms with Crippen molar-refractivity contribution in [2.45, 2.75) is 26.1 Å². The average Bonchev–Trinajstić information content (AvgIpc) is 2.99. The molecule has 0 bridgehead atoms. The lowest BCUT2D eigenvalue weighted by Crippen LogP contribution is -2.17. The standard InChI is InChI=1S/C16H16ClF3N4O3/c1-9-7-13(16(18,19)20)22-24(9)6-5-14(25)27-23-15(21)11-8-10(17)3-4-12(11)26-2/h3-4,7-8H,5-6H2,1-2H3,(H2,21,23). The molecule has 0 atom stereocenters. The highest BCUT2D eigenvalue weighted by Crippen LogP contribution is 2.28. The van der Waals surface area contributed by atoms with Crippen molar-refractivity contribution in [2.75, 3.05) is 7.11 Å². The zero-order chi connectivity index (χ0) is 20.2. The molecule has 1 aromatic heterocycles. The molecule has 0 unspecified atom stereocenters. The van der Waals surface area contributed by atoms with Crippen LogP contribution in [0.3, 0.4) is 0 Å². The fourth-order valence-electron chi connectivity index (χ4n) is 2.15. The number of benzene rings is 1. The van der Waals surface area contributed by atoms with Gasteiger partial charge in [0.25, 0.3) is 0 Å². The first kappa shape index (κ1) is 20.6. The number of rotatable bonds is 6. The Morgan fingerprint density at radius 1 is 1.37 bits per heavy atom. The number of aromatic nitrogens is 2. The SMILES string of the molecule is COc1ccc(Cl)cc1/C(N)=N/OC(=O)CCn1nc(C(F)(F)F)cc1C. The smallest absolute Gasteiger partial charge is 0.435 e. The fraction of sp³-hybridized carbons (Fsp3) is 0.312. The average molecular weight is 405 g/mol. The van der Waals surface area contributed by atoms with Gasteiger partial charge in [-0.05, 0) is 31.2 Å². The Balaban J connectivity index is 1.99. The summed E-state index contributed by atoms with van der Waals surface area (Å²) in [6.45, 7) is 1.35. The number of nitrogens with two attached hydrogens (primary N) is 1. The lowest BCUT2D eigenvalue weighted by atomic mass is 10.2. The third kappa shape index (κ3) is 5.36. The molecule has 7 nitrogen and oxygen atoms in total. The van der Waals surface area contributed by atoms with Crippen molar-refractivity contribution in [1.29, 1.82) is 0 Å². The maximum atomic E-state index is 12.6. The van der Waals surface area contributed by atoms with Gasteiger partial charge in [0.1, 0.15) is 5.75 Å². The van der Waals surface area contributed by atoms with Gasteiger partial charge in [-0.1, -0.05) is 16.8 Å². The molecular formula is C16H16ClF3N4O3. The molecule has 0 amide bonds. The molecule has 1 aromatic carbocycles. The number of hydrogen-bond acceptors (Lipinski definition) is 5. The summed E-state index contributed by atoms with van der Waals surface area (Å²) in [6, 6.07) is 5.54. The summed E-state index contributed by atoms with van der Waals surface area (Å²) in [5.74, 6) is -0.553. The van der Waals surface area contributed by atoms with E-state index in [2.05, 4.69) is 10.3 Å². The number of oxime groups is 1. The summed E-state index contributed by atoms with van der Waals surface area (Å²) < 4.78 is 44.0. The fourth-order valence-corrected chi connectivity index (χ4v) is 2.32. The van der Waals surface area contributed by atoms with E-state index in [4.69, 9.17) is 26.9 Å². The van der Waals surface area contributed by atoms with Crippen LogP contribution in [0.2, 0.25) is 5.02 Å². The minimum absolute atomic E-state index is 0.101. The van der Waals surface area contributed by atoms with Crippen LogP contribution in [0.1, 0.15) is 23.4 Å². The number of amidine groups is 1. The normalized spacial score (nSPS) is 12.1. The summed E-state index contributed by atoms with van der Waals surface area (Å²) in [4.78, 5) is 16.5. The number of carbonyl (C=O) groups excluding carboxylic acids is 1. The summed E-state index contributed by atoms with van der Waals surface area (Å²) in [5.41, 5.74) is 5.33. The number of hydrogen-bond donors (Lipinski definition) is 1. The molecule has 11 heteroatoms. The van der Waals surface area contributed by atoms with Gasteiger partial charge in [0.2, 0.25) is 0 Å². The zero-order valence-corrected chi connectivity index (χ0v) is 15.1. The number of carbonyl (C=O) groups is 1. The highest BCUT2D eigenvalue weighted by atomic mass is 35.5. The highest BCUT2D eigenvalue weighted by molar-refractivity contribution is 6.31. The van der Waals surface area contributed by atoms with E-state index < -0.39 is 17.8 Å². The molecule has 1 heterocycles. The van der Waals surface area contributed by atoms with Crippen LogP contribution >= 0.6 is 11.6 Å². The Morgan fingerprint density at radius 3 is 2.67 bits per heavy atom. The summed E-state index contributed by atoms with van der Waals surface area (Å²) >= 11 is 5.88. The molecule has 146 valence electrons. The van der Waals surface area contributed by atoms with Gasteiger partial charge in [0.05, 0.1) is 25.6 Å². The van der Waals surface area contributed by atoms with Crippen LogP contribution in [-0.2, 0) is 22.4 Å². The van der Waals surface area contributed by atoms with Gasteiger partial charge in [-0.3, -0.25) is 4.68 Å². The van der Waals surface area contributed by atoms with Gasteiger partial charge in [0, 0.05) is 10.7 Å². The van der Waals surface area contributed by atoms with Crippen molar-refractivity contribution in [3.63, 3.8) is 0 Å². The Labute approximate surface area is 157 Å². The van der Waals surface area contributed by atoms with Crippen LogP contribution in [0, 0.1) is 6.92 Å². The molecule has 0 saturated heterocycles. The van der Waals surface area contributed by atoms with Crippen LogP contribution in [0.15, 0.2) is 29.4 Å². The topological polar surface area (TPSA) is 91.7 Å². The van der Waals surface area contributed by atoms with Gasteiger partial charge in [0.15, 0.2) is 11.5 Å². The molecule has 0 aliphatic rings. The largest absolute Gasteiger partial charge is 0.496 e. The quantitative estimate of drug-likeness (QED) is 0.345. The Kier molecular flexibility index (Phi) is 6.32. The monoisotopic (exact) mass is 404 g/mol. The minimum Gasteiger partial charge on any atom is -0.496 e. The summed E-state index contributed by atoms with van der Waals surface area (Å²) in [6.07, 6.45) is -4.80. The maximum Gasteiger partial charge on any atom is 0.435 e. The first-order valence-electron chi connectivity index (χ1n) is 7.60. The van der Waals surface area contributed by atoms with Crippen LogP contribution in [0.4, 0.5) is 13.2 Å². The van der Waals surface area contributed by atoms with E-state index in [9.17, 15) is 18.0 Å². The van der Waals surface area contributed by atoms with Crippen molar-refractivity contribution in [1.82, 2.24) is 9.78 Å². The first-order chi connectivity index (χ1) is 12.6. The predicted octanol–water partition coefficient (Wildman–Crippen LogP) is 3.13. The van der Waals surface area contributed by atoms with Crippen molar-refractivity contribution in [3.05, 3.63) is 46.2 Å². The van der Waals surface area contributed by atoms with E-state index in [1.807, 2.05) is 0 Å². The van der Waals surface area contributed by atoms with Crippen LogP contribution in [0.5, 0.6) is 5.75 Å². The maximum absolute atomic E-state index is 12.6. The minimum atomic E-state index is -4.55. The summed E-state index contributed by atoms with van der Waals surface area (Å²) in [5, 5.41) is 7.32. The van der Waals surface area contributed by atoms with Gasteiger partial charge in [-0.25, -0.2) is 4.79 Å². The van der Waals surface area contributed by atoms with E-state index in [1.54, 1.807) is 12.1 Å². The van der Waals surface area contributed by atoms with E-state index >= 15 is 0 Å². The number of nitrogens with zero attached hydrogens (tertiary/aromatic N) is 3. The zero-order valence-electron chi connectivity index (χ0n) is 14.4. The van der Waals surface area contributed by atoms with Gasteiger partial charge in [-0.15, -0.1) is 0 Å². The highest BCUT2D eigenvalue weighted by Gasteiger charge is 2.34. The molecule has 0 aliphatic heterocycles. The predicted molar refractivity (Wildman–Crippen MR) is 91.4 cm³/mol. The van der Waals surface area contributed by atoms with Crippen LogP contribution in [0.25, 0.3) is 0 Å². The lowest BCUT2D eigenvalue weighted by molar-refractivity contribution is -0.144. The molecule has 27 heavy (non-hydrogen) atoms. The lowest BCUT2D eigenvalue weighted by Gasteiger charge is -2.08. The third-order valence-corrected chi connectivity index (χ3v) is 3.72. The number of methoxy groups -OCH3 is 1. The van der Waals surface area contributed by atoms with E-state index in [-0.39, 0.29) is 24.5 Å². The molecule has 0 aliphatic carbocycles. The summed E-state index contributed by atoms with van der Waals surface area (Å²) in [7, 11) is 1.42. The van der Waals surface area contributed by atoms with Crippen molar-refractivity contribution >= 4 is 23.4 Å². The Hall–Kier alpha value is -2.75. The molecular weight excluding hydrogens is 389 g/mol. The Morgan fingerprint density at radius 2 is 2.07 bits per heavy atom. The second-order valence-corrected chi connectivity index (χ2v) is 5.86. The van der Waals surface area contributed by atoms with Crippen molar-refractivity contribution in [2.24, 2.45) is 10.9 Å². The van der Waals surface area contributed by atoms with Gasteiger partial charge >= 0.3 is 12.1 Å². The third-order valence-electron chi connectivity index (χ3n) is 3.48. The Bertz CT molecular complexity index is 865. The number of alkyl halides is 3. The molecule has 2 aromatic rings. The molecule has 2 rings (SSSR count). The number of halogens is 4. The van der Waals surface area contributed by atoms with E-state index in [0.29, 0.717) is 16.3 Å². The van der Waals surface area contributed by atoms with Crippen LogP contribution in [-0.4, -0.2) is 28.7 Å². The second kappa shape index (κ2) is 8.30. The second-order valence-electron chi connectivity index (χ2n) is 5.43.